The Kier molecular flexibility index (Phi) is 9.58. The van der Waals surface area contributed by atoms with Crippen LogP contribution in [0.5, 0.6) is 0 Å². The molecular weight excluding hydrogens is 660 g/mol. The quantitative estimate of drug-likeness (QED) is 0.0681. The molecule has 5 heteroatoms. The van der Waals surface area contributed by atoms with E-state index < -0.39 is 0 Å². The van der Waals surface area contributed by atoms with Gasteiger partial charge in [0, 0.05) is 21.9 Å². The summed E-state index contributed by atoms with van der Waals surface area (Å²) in [7, 11) is 0. The van der Waals surface area contributed by atoms with Crippen LogP contribution in [0.3, 0.4) is 0 Å². The first-order valence-corrected chi connectivity index (χ1v) is 18.9. The minimum atomic E-state index is -0.112. The lowest BCUT2D eigenvalue weighted by atomic mass is 9.73. The third kappa shape index (κ3) is 6.06. The van der Waals surface area contributed by atoms with E-state index in [4.69, 9.17) is 9.82 Å². The van der Waals surface area contributed by atoms with Gasteiger partial charge in [-0.05, 0) is 96.0 Å². The number of benzene rings is 5. The molecule has 0 bridgehead atoms. The summed E-state index contributed by atoms with van der Waals surface area (Å²) in [6.07, 6.45) is 6.61. The van der Waals surface area contributed by atoms with Gasteiger partial charge in [-0.2, -0.15) is 0 Å². The first kappa shape index (κ1) is 31.8. The number of fused-ring (bicyclic) bond motifs is 4. The van der Waals surface area contributed by atoms with E-state index >= 15 is 0 Å². The highest BCUT2D eigenvalue weighted by molar-refractivity contribution is 9.09. The monoisotopic (exact) mass is 700 g/mol. The molecule has 1 aliphatic rings. The maximum atomic E-state index is 6.75. The third-order valence-electron chi connectivity index (χ3n) is 9.77. The van der Waals surface area contributed by atoms with Crippen LogP contribution in [0, 0.1) is 0 Å². The zero-order chi connectivity index (χ0) is 32.2. The Hall–Kier alpha value is -3.77. The molecule has 0 spiro atoms. The van der Waals surface area contributed by atoms with Crippen LogP contribution in [0.2, 0.25) is 0 Å². The predicted octanol–water partition coefficient (Wildman–Crippen LogP) is 12.7. The fraction of sp³-hybridized carbons (Fsp3) is 0.262. The van der Waals surface area contributed by atoms with Crippen molar-refractivity contribution in [1.82, 2.24) is 4.98 Å². The Morgan fingerprint density at radius 1 is 0.681 bits per heavy atom. The molecule has 1 aliphatic carbocycles. The second-order valence-electron chi connectivity index (χ2n) is 12.4. The van der Waals surface area contributed by atoms with Crippen molar-refractivity contribution in [2.75, 3.05) is 17.0 Å². The number of rotatable bonds is 13. The Bertz CT molecular complexity index is 1930. The van der Waals surface area contributed by atoms with E-state index in [0.29, 0.717) is 6.61 Å². The number of hydrogen-bond acceptors (Lipinski definition) is 4. The van der Waals surface area contributed by atoms with Crippen LogP contribution in [0.4, 0.5) is 11.4 Å². The van der Waals surface area contributed by atoms with E-state index in [2.05, 4.69) is 150 Å². The van der Waals surface area contributed by atoms with Crippen LogP contribution in [0.25, 0.3) is 43.0 Å². The largest absolute Gasteiger partial charge is 0.269 e. The Morgan fingerprint density at radius 3 is 2.13 bits per heavy atom. The van der Waals surface area contributed by atoms with Crippen LogP contribution >= 0.6 is 27.3 Å². The average molecular weight is 702 g/mol. The number of para-hydroxylation sites is 2. The molecule has 1 aromatic heterocycles. The smallest absolute Gasteiger partial charge is 0.124 e. The summed E-state index contributed by atoms with van der Waals surface area (Å²) in [6, 6.07) is 41.7. The van der Waals surface area contributed by atoms with E-state index in [1.807, 2.05) is 0 Å². The fourth-order valence-corrected chi connectivity index (χ4v) is 8.60. The van der Waals surface area contributed by atoms with Crippen molar-refractivity contribution in [3.8, 4) is 32.8 Å². The van der Waals surface area contributed by atoms with Crippen LogP contribution < -0.4 is 5.06 Å². The minimum Gasteiger partial charge on any atom is -0.269 e. The van der Waals surface area contributed by atoms with Crippen LogP contribution in [-0.2, 0) is 10.3 Å². The van der Waals surface area contributed by atoms with Crippen molar-refractivity contribution < 1.29 is 4.84 Å². The van der Waals surface area contributed by atoms with Crippen molar-refractivity contribution in [2.24, 2.45) is 0 Å². The lowest BCUT2D eigenvalue weighted by Crippen LogP contribution is -2.24. The number of thiazole rings is 1. The van der Waals surface area contributed by atoms with Crippen LogP contribution in [0.15, 0.2) is 115 Å². The fourth-order valence-electron chi connectivity index (χ4n) is 7.24. The molecule has 0 unspecified atom stereocenters. The van der Waals surface area contributed by atoms with E-state index in [9.17, 15) is 0 Å². The summed E-state index contributed by atoms with van der Waals surface area (Å²) in [5.41, 5.74) is 12.1. The molecule has 47 heavy (non-hydrogen) atoms. The van der Waals surface area contributed by atoms with Gasteiger partial charge in [-0.25, -0.2) is 10.0 Å². The van der Waals surface area contributed by atoms with Gasteiger partial charge in [0.2, 0.25) is 0 Å². The van der Waals surface area contributed by atoms with Gasteiger partial charge in [0.25, 0.3) is 0 Å². The van der Waals surface area contributed by atoms with E-state index in [0.717, 1.165) is 52.9 Å². The van der Waals surface area contributed by atoms with Crippen LogP contribution in [-0.4, -0.2) is 16.9 Å². The number of hydrogen-bond donors (Lipinski definition) is 0. The molecule has 0 aliphatic heterocycles. The number of anilines is 2. The summed E-state index contributed by atoms with van der Waals surface area (Å²) in [5, 5.41) is 4.23. The normalized spacial score (nSPS) is 13.1. The summed E-state index contributed by atoms with van der Waals surface area (Å²) >= 11 is 5.35. The second kappa shape index (κ2) is 14.1. The Morgan fingerprint density at radius 2 is 1.38 bits per heavy atom. The summed E-state index contributed by atoms with van der Waals surface area (Å²) < 4.78 is 1.23. The molecule has 0 atom stereocenters. The van der Waals surface area contributed by atoms with Gasteiger partial charge >= 0.3 is 0 Å². The highest BCUT2D eigenvalue weighted by atomic mass is 79.9. The predicted molar refractivity (Wildman–Crippen MR) is 204 cm³/mol. The number of alkyl halides is 1. The molecule has 0 saturated carbocycles. The van der Waals surface area contributed by atoms with Gasteiger partial charge in [0.1, 0.15) is 5.01 Å². The SMILES string of the molecule is CCC1(CC)c2cc(-c3nc4ccccc4s3)ccc2-c2cc(-c3ccccc3)c(N(OCCCCCCBr)c3ccccc3)cc21. The van der Waals surface area contributed by atoms with Crippen molar-refractivity contribution in [3.63, 3.8) is 0 Å². The molecular formula is C42H41BrN2OS. The summed E-state index contributed by atoms with van der Waals surface area (Å²) in [5.74, 6) is 0. The molecule has 0 N–H and O–H groups in total. The van der Waals surface area contributed by atoms with Crippen molar-refractivity contribution in [2.45, 2.75) is 57.8 Å². The standard InChI is InChI=1S/C42H41BrN2OS/c1-3-42(4-2)36-27-31(41-44-38-21-13-14-22-40(38)47-41)23-24-33(36)35-28-34(30-17-9-7-10-18-30)39(29-37(35)42)45(32-19-11-8-12-20-32)46-26-16-6-5-15-25-43/h7-14,17-24,27-29H,3-6,15-16,25-26H2,1-2H3. The Balaban J connectivity index is 1.37. The topological polar surface area (TPSA) is 25.4 Å². The molecule has 5 aromatic carbocycles. The molecule has 0 saturated heterocycles. The van der Waals surface area contributed by atoms with Crippen molar-refractivity contribution in [1.29, 1.82) is 0 Å². The van der Waals surface area contributed by atoms with E-state index in [-0.39, 0.29) is 5.41 Å². The average Bonchev–Trinajstić information content (AvgIpc) is 3.68. The van der Waals surface area contributed by atoms with Crippen molar-refractivity contribution in [3.05, 3.63) is 126 Å². The second-order valence-corrected chi connectivity index (χ2v) is 14.2. The summed E-state index contributed by atoms with van der Waals surface area (Å²) in [6.45, 7) is 5.35. The number of aromatic nitrogens is 1. The van der Waals surface area contributed by atoms with Gasteiger partial charge in [-0.3, -0.25) is 4.84 Å². The number of unbranched alkanes of at least 4 members (excludes halogenated alkanes) is 3. The lowest BCUT2D eigenvalue weighted by molar-refractivity contribution is 0.131. The Labute approximate surface area is 291 Å². The van der Waals surface area contributed by atoms with E-state index in [1.54, 1.807) is 11.3 Å². The zero-order valence-corrected chi connectivity index (χ0v) is 29.6. The molecule has 238 valence electrons. The third-order valence-corrected chi connectivity index (χ3v) is 11.4. The lowest BCUT2D eigenvalue weighted by Gasteiger charge is -2.32. The first-order chi connectivity index (χ1) is 23.2. The molecule has 3 nitrogen and oxygen atoms in total. The molecule has 6 aromatic rings. The van der Waals surface area contributed by atoms with E-state index in [1.165, 1.54) is 56.5 Å². The first-order valence-electron chi connectivity index (χ1n) is 17.0. The van der Waals surface area contributed by atoms with Gasteiger partial charge in [-0.1, -0.05) is 115 Å². The molecule has 0 radical (unpaired) electrons. The zero-order valence-electron chi connectivity index (χ0n) is 27.2. The van der Waals surface area contributed by atoms with Crippen LogP contribution in [0.1, 0.15) is 63.5 Å². The maximum absolute atomic E-state index is 6.75. The summed E-state index contributed by atoms with van der Waals surface area (Å²) in [4.78, 5) is 11.8. The molecule has 0 fully saturated rings. The van der Waals surface area contributed by atoms with Gasteiger partial charge in [-0.15, -0.1) is 11.3 Å². The molecule has 0 amide bonds. The highest BCUT2D eigenvalue weighted by Crippen LogP contribution is 2.56. The van der Waals surface area contributed by atoms with Gasteiger partial charge in [0.15, 0.2) is 0 Å². The highest BCUT2D eigenvalue weighted by Gasteiger charge is 2.42. The van der Waals surface area contributed by atoms with Crippen molar-refractivity contribution >= 4 is 48.9 Å². The van der Waals surface area contributed by atoms with Gasteiger partial charge in [0.05, 0.1) is 28.2 Å². The number of halogens is 1. The molecule has 7 rings (SSSR count). The maximum Gasteiger partial charge on any atom is 0.124 e. The minimum absolute atomic E-state index is 0.112. The number of nitrogens with zero attached hydrogens (tertiary/aromatic N) is 2. The molecule has 1 heterocycles. The van der Waals surface area contributed by atoms with Gasteiger partial charge < -0.3 is 0 Å².